The number of aromatic amines is 1. The number of halogens is 2. The van der Waals surface area contributed by atoms with Crippen molar-refractivity contribution in [1.82, 2.24) is 20.2 Å². The van der Waals surface area contributed by atoms with Crippen LogP contribution in [0.2, 0.25) is 0 Å². The molecule has 0 aliphatic carbocycles. The third kappa shape index (κ3) is 4.64. The van der Waals surface area contributed by atoms with Gasteiger partial charge in [-0.05, 0) is 75.2 Å². The fourth-order valence-corrected chi connectivity index (χ4v) is 4.59. The normalized spacial score (nSPS) is 18.8. The Hall–Kier alpha value is -1.30. The van der Waals surface area contributed by atoms with Crippen LogP contribution in [-0.4, -0.2) is 47.0 Å². The highest BCUT2D eigenvalue weighted by Gasteiger charge is 2.39. The van der Waals surface area contributed by atoms with Crippen LogP contribution < -0.4 is 5.32 Å². The Morgan fingerprint density at radius 3 is 2.64 bits per heavy atom. The van der Waals surface area contributed by atoms with Gasteiger partial charge in [-0.1, -0.05) is 6.07 Å². The summed E-state index contributed by atoms with van der Waals surface area (Å²) < 4.78 is 0. The number of nitrogens with zero attached hydrogens (tertiary/aromatic N) is 2. The van der Waals surface area contributed by atoms with Gasteiger partial charge in [0.05, 0.1) is 11.0 Å². The number of aromatic nitrogens is 2. The number of nitrogens with one attached hydrogen (secondary N) is 2. The van der Waals surface area contributed by atoms with E-state index in [4.69, 9.17) is 4.98 Å². The number of rotatable bonds is 4. The molecular weight excluding hydrogens is 395 g/mol. The number of imidazole rings is 1. The first-order valence-corrected chi connectivity index (χ1v) is 10.00. The van der Waals surface area contributed by atoms with Gasteiger partial charge in [0.2, 0.25) is 5.91 Å². The van der Waals surface area contributed by atoms with Crippen molar-refractivity contribution in [3.8, 4) is 0 Å². The van der Waals surface area contributed by atoms with E-state index in [9.17, 15) is 4.79 Å². The minimum absolute atomic E-state index is 0. The molecule has 0 radical (unpaired) electrons. The summed E-state index contributed by atoms with van der Waals surface area (Å²) in [4.78, 5) is 22.7. The molecule has 1 spiro atoms. The maximum atomic E-state index is 12.4. The van der Waals surface area contributed by atoms with Crippen molar-refractivity contribution in [2.75, 3.05) is 26.2 Å². The van der Waals surface area contributed by atoms with Crippen LogP contribution in [0.25, 0.3) is 11.0 Å². The molecular formula is C21H32Cl2N4O. The number of likely N-dealkylation sites (tertiary alicyclic amines) is 1. The van der Waals surface area contributed by atoms with Crippen LogP contribution in [0.4, 0.5) is 0 Å². The predicted molar refractivity (Wildman–Crippen MR) is 119 cm³/mol. The molecule has 7 heteroatoms. The number of fused-ring (bicyclic) bond motifs is 1. The van der Waals surface area contributed by atoms with Crippen LogP contribution in [-0.2, 0) is 11.2 Å². The summed E-state index contributed by atoms with van der Waals surface area (Å²) in [5.41, 5.74) is 5.10. The summed E-state index contributed by atoms with van der Waals surface area (Å²) in [5, 5.41) is 3.45. The van der Waals surface area contributed by atoms with E-state index in [2.05, 4.69) is 41.2 Å². The molecule has 2 saturated heterocycles. The summed E-state index contributed by atoms with van der Waals surface area (Å²) >= 11 is 0. The predicted octanol–water partition coefficient (Wildman–Crippen LogP) is 3.95. The molecule has 4 rings (SSSR count). The summed E-state index contributed by atoms with van der Waals surface area (Å²) in [6.07, 6.45) is 6.08. The minimum atomic E-state index is 0. The molecule has 0 atom stereocenters. The van der Waals surface area contributed by atoms with E-state index in [0.717, 1.165) is 68.7 Å². The van der Waals surface area contributed by atoms with Crippen LogP contribution in [0, 0.1) is 19.3 Å². The first kappa shape index (κ1) is 23.0. The second-order valence-corrected chi connectivity index (χ2v) is 8.26. The van der Waals surface area contributed by atoms with Crippen LogP contribution in [0.15, 0.2) is 12.1 Å². The van der Waals surface area contributed by atoms with Crippen molar-refractivity contribution in [1.29, 1.82) is 0 Å². The number of hydrogen-bond donors (Lipinski definition) is 2. The third-order valence-corrected chi connectivity index (χ3v) is 6.48. The van der Waals surface area contributed by atoms with E-state index in [0.29, 0.717) is 11.3 Å². The monoisotopic (exact) mass is 426 g/mol. The second kappa shape index (κ2) is 9.47. The van der Waals surface area contributed by atoms with Crippen LogP contribution in [0.1, 0.15) is 49.1 Å². The van der Waals surface area contributed by atoms with Gasteiger partial charge in [-0.3, -0.25) is 4.79 Å². The number of benzene rings is 1. The fourth-order valence-electron chi connectivity index (χ4n) is 4.59. The maximum absolute atomic E-state index is 12.4. The van der Waals surface area contributed by atoms with E-state index in [-0.39, 0.29) is 24.8 Å². The summed E-state index contributed by atoms with van der Waals surface area (Å²) in [6, 6.07) is 4.26. The Kier molecular flexibility index (Phi) is 7.77. The average molecular weight is 427 g/mol. The molecule has 0 saturated carbocycles. The highest BCUT2D eigenvalue weighted by Crippen LogP contribution is 2.38. The van der Waals surface area contributed by atoms with Crippen molar-refractivity contribution >= 4 is 41.8 Å². The van der Waals surface area contributed by atoms with Crippen LogP contribution in [0.5, 0.6) is 0 Å². The molecule has 2 aliphatic rings. The number of hydrogen-bond acceptors (Lipinski definition) is 3. The Bertz CT molecular complexity index is 814. The SMILES string of the molecule is Cc1ccc2[nH]c(CCCN3CC4(CCNCC4)CCC3=O)nc2c1C.Cl.Cl. The molecule has 1 aromatic heterocycles. The lowest BCUT2D eigenvalue weighted by molar-refractivity contribution is -0.138. The first-order chi connectivity index (χ1) is 12.6. The van der Waals surface area contributed by atoms with Crippen molar-refractivity contribution in [3.05, 3.63) is 29.1 Å². The Morgan fingerprint density at radius 2 is 1.89 bits per heavy atom. The van der Waals surface area contributed by atoms with Gasteiger partial charge in [-0.15, -0.1) is 24.8 Å². The second-order valence-electron chi connectivity index (χ2n) is 8.26. The quantitative estimate of drug-likeness (QED) is 0.777. The molecule has 3 heterocycles. The topological polar surface area (TPSA) is 61.0 Å². The lowest BCUT2D eigenvalue weighted by Gasteiger charge is -2.45. The Morgan fingerprint density at radius 1 is 1.14 bits per heavy atom. The molecule has 0 bridgehead atoms. The van der Waals surface area contributed by atoms with Gasteiger partial charge in [0.15, 0.2) is 0 Å². The molecule has 2 N–H and O–H groups in total. The standard InChI is InChI=1S/C21H30N4O.2ClH/c1-15-5-6-17-20(16(15)2)24-18(23-17)4-3-13-25-14-21(8-7-19(25)26)9-11-22-12-10-21;;/h5-6,22H,3-4,7-14H2,1-2H3,(H,23,24);2*1H. The number of aryl methyl sites for hydroxylation is 3. The van der Waals surface area contributed by atoms with Gasteiger partial charge in [0, 0.05) is 25.9 Å². The molecule has 2 aliphatic heterocycles. The Balaban J connectivity index is 0.00000140. The van der Waals surface area contributed by atoms with E-state index >= 15 is 0 Å². The lowest BCUT2D eigenvalue weighted by atomic mass is 9.72. The third-order valence-electron chi connectivity index (χ3n) is 6.48. The molecule has 0 unspecified atom stereocenters. The van der Waals surface area contributed by atoms with E-state index in [1.54, 1.807) is 0 Å². The molecule has 5 nitrogen and oxygen atoms in total. The zero-order chi connectivity index (χ0) is 18.1. The maximum Gasteiger partial charge on any atom is 0.222 e. The highest BCUT2D eigenvalue weighted by molar-refractivity contribution is 5.85. The molecule has 1 aromatic carbocycles. The summed E-state index contributed by atoms with van der Waals surface area (Å²) in [5.74, 6) is 1.37. The average Bonchev–Trinajstić information content (AvgIpc) is 3.06. The van der Waals surface area contributed by atoms with Gasteiger partial charge >= 0.3 is 0 Å². The zero-order valence-electron chi connectivity index (χ0n) is 16.8. The van der Waals surface area contributed by atoms with Crippen molar-refractivity contribution < 1.29 is 4.79 Å². The van der Waals surface area contributed by atoms with Crippen LogP contribution >= 0.6 is 24.8 Å². The number of H-pyrrole nitrogens is 1. The number of amides is 1. The van der Waals surface area contributed by atoms with Gasteiger partial charge in [0.1, 0.15) is 5.82 Å². The molecule has 28 heavy (non-hydrogen) atoms. The summed E-state index contributed by atoms with van der Waals surface area (Å²) in [6.45, 7) is 8.25. The van der Waals surface area contributed by atoms with Crippen molar-refractivity contribution in [2.24, 2.45) is 5.41 Å². The van der Waals surface area contributed by atoms with Crippen molar-refractivity contribution in [2.45, 2.75) is 52.4 Å². The lowest BCUT2D eigenvalue weighted by Crippen LogP contribution is -2.50. The number of carbonyl (C=O) groups excluding carboxylic acids is 1. The van der Waals surface area contributed by atoms with Gasteiger partial charge in [-0.2, -0.15) is 0 Å². The molecule has 2 fully saturated rings. The zero-order valence-corrected chi connectivity index (χ0v) is 18.5. The van der Waals surface area contributed by atoms with E-state index in [1.165, 1.54) is 24.0 Å². The number of carbonyl (C=O) groups is 1. The highest BCUT2D eigenvalue weighted by atomic mass is 35.5. The van der Waals surface area contributed by atoms with Crippen molar-refractivity contribution in [3.63, 3.8) is 0 Å². The molecule has 156 valence electrons. The number of piperidine rings is 2. The van der Waals surface area contributed by atoms with Crippen LogP contribution in [0.3, 0.4) is 0 Å². The largest absolute Gasteiger partial charge is 0.342 e. The molecule has 1 amide bonds. The Labute approximate surface area is 179 Å². The first-order valence-electron chi connectivity index (χ1n) is 10.00. The summed E-state index contributed by atoms with van der Waals surface area (Å²) in [7, 11) is 0. The smallest absolute Gasteiger partial charge is 0.222 e. The van der Waals surface area contributed by atoms with Gasteiger partial charge < -0.3 is 15.2 Å². The van der Waals surface area contributed by atoms with Gasteiger partial charge in [0.25, 0.3) is 0 Å². The van der Waals surface area contributed by atoms with Gasteiger partial charge in [-0.25, -0.2) is 4.98 Å². The fraction of sp³-hybridized carbons (Fsp3) is 0.619. The van der Waals surface area contributed by atoms with E-state index in [1.807, 2.05) is 0 Å². The van der Waals surface area contributed by atoms with E-state index < -0.39 is 0 Å². The minimum Gasteiger partial charge on any atom is -0.342 e. The molecule has 2 aromatic rings.